The molecule has 0 bridgehead atoms. The second-order valence-corrected chi connectivity index (χ2v) is 3.63. The maximum absolute atomic E-state index is 10.0. The molecule has 3 nitrogen and oxygen atoms in total. The molecule has 4 heteroatoms. The van der Waals surface area contributed by atoms with E-state index < -0.39 is 0 Å². The third-order valence-electron chi connectivity index (χ3n) is 1.61. The van der Waals surface area contributed by atoms with Crippen LogP contribution in [0, 0.1) is 4.91 Å². The van der Waals surface area contributed by atoms with Crippen molar-refractivity contribution in [3.8, 4) is 5.75 Å². The maximum atomic E-state index is 10.0. The molecule has 0 spiro atoms. The van der Waals surface area contributed by atoms with E-state index >= 15 is 0 Å². The first-order valence-electron chi connectivity index (χ1n) is 4.37. The number of hydrogen-bond donors (Lipinski definition) is 0. The fourth-order valence-electron chi connectivity index (χ4n) is 1.07. The van der Waals surface area contributed by atoms with Crippen LogP contribution in [-0.2, 0) is 6.54 Å². The zero-order valence-corrected chi connectivity index (χ0v) is 8.91. The topological polar surface area (TPSA) is 38.7 Å². The molecule has 0 saturated heterocycles. The van der Waals surface area contributed by atoms with E-state index in [9.17, 15) is 4.91 Å². The third kappa shape index (κ3) is 3.00. The molecular weight excluding hydrogens is 202 g/mol. The van der Waals surface area contributed by atoms with Gasteiger partial charge in [-0.1, -0.05) is 22.8 Å². The van der Waals surface area contributed by atoms with Crippen LogP contribution in [0.1, 0.15) is 19.4 Å². The van der Waals surface area contributed by atoms with Crippen molar-refractivity contribution in [2.24, 2.45) is 5.18 Å². The molecule has 1 aromatic rings. The number of halogens is 1. The van der Waals surface area contributed by atoms with Crippen LogP contribution in [0.4, 0.5) is 0 Å². The summed E-state index contributed by atoms with van der Waals surface area (Å²) in [4.78, 5) is 10.0. The zero-order valence-electron chi connectivity index (χ0n) is 8.16. The molecule has 0 aliphatic carbocycles. The van der Waals surface area contributed by atoms with E-state index in [0.717, 1.165) is 5.56 Å². The molecule has 0 N–H and O–H groups in total. The van der Waals surface area contributed by atoms with Crippen molar-refractivity contribution in [3.05, 3.63) is 33.7 Å². The van der Waals surface area contributed by atoms with Crippen LogP contribution in [-0.4, -0.2) is 6.10 Å². The summed E-state index contributed by atoms with van der Waals surface area (Å²) in [6, 6.07) is 5.23. The number of hydrogen-bond acceptors (Lipinski definition) is 3. The van der Waals surface area contributed by atoms with Crippen LogP contribution >= 0.6 is 11.6 Å². The van der Waals surface area contributed by atoms with Crippen LogP contribution in [0.15, 0.2) is 23.4 Å². The quantitative estimate of drug-likeness (QED) is 0.719. The minimum absolute atomic E-state index is 0.0857. The molecule has 0 aromatic heterocycles. The van der Waals surface area contributed by atoms with Crippen LogP contribution in [0.3, 0.4) is 0 Å². The minimum atomic E-state index is 0.0857. The van der Waals surface area contributed by atoms with Gasteiger partial charge in [0.05, 0.1) is 11.1 Å². The first kappa shape index (κ1) is 11.0. The molecular formula is C10H12ClNO2. The van der Waals surface area contributed by atoms with Gasteiger partial charge in [-0.2, -0.15) is 4.91 Å². The molecule has 0 heterocycles. The average Bonchev–Trinajstić information content (AvgIpc) is 2.10. The summed E-state index contributed by atoms with van der Waals surface area (Å²) in [5.74, 6) is 0.635. The van der Waals surface area contributed by atoms with Gasteiger partial charge < -0.3 is 4.74 Å². The lowest BCUT2D eigenvalue weighted by Gasteiger charge is -2.11. The van der Waals surface area contributed by atoms with Crippen molar-refractivity contribution >= 4 is 11.6 Å². The van der Waals surface area contributed by atoms with E-state index in [0.29, 0.717) is 10.8 Å². The number of rotatable bonds is 4. The van der Waals surface area contributed by atoms with Gasteiger partial charge in [0.2, 0.25) is 0 Å². The molecule has 0 unspecified atom stereocenters. The predicted molar refractivity (Wildman–Crippen MR) is 56.7 cm³/mol. The Morgan fingerprint density at radius 1 is 1.50 bits per heavy atom. The summed E-state index contributed by atoms with van der Waals surface area (Å²) in [5.41, 5.74) is 0.793. The summed E-state index contributed by atoms with van der Waals surface area (Å²) >= 11 is 5.94. The second kappa shape index (κ2) is 4.96. The molecule has 1 rings (SSSR count). The lowest BCUT2D eigenvalue weighted by Crippen LogP contribution is -2.05. The van der Waals surface area contributed by atoms with Gasteiger partial charge in [0.15, 0.2) is 0 Å². The fraction of sp³-hybridized carbons (Fsp3) is 0.400. The standard InChI is InChI=1S/C10H12ClNO2/c1-7(2)14-10-4-3-8(6-12-13)5-9(10)11/h3-5,7H,6H2,1-2H3. The Labute approximate surface area is 88.0 Å². The highest BCUT2D eigenvalue weighted by Crippen LogP contribution is 2.26. The molecule has 76 valence electrons. The van der Waals surface area contributed by atoms with E-state index in [2.05, 4.69) is 5.18 Å². The molecule has 0 saturated carbocycles. The van der Waals surface area contributed by atoms with Crippen LogP contribution in [0.25, 0.3) is 0 Å². The normalized spacial score (nSPS) is 10.3. The SMILES string of the molecule is CC(C)Oc1ccc(CN=O)cc1Cl. The van der Waals surface area contributed by atoms with Crippen LogP contribution < -0.4 is 4.74 Å². The summed E-state index contributed by atoms with van der Waals surface area (Å²) in [6.45, 7) is 4.00. The van der Waals surface area contributed by atoms with Gasteiger partial charge in [0.1, 0.15) is 12.3 Å². The Morgan fingerprint density at radius 3 is 2.71 bits per heavy atom. The molecule has 0 amide bonds. The summed E-state index contributed by atoms with van der Waals surface area (Å²) in [5, 5.41) is 3.30. The monoisotopic (exact) mass is 213 g/mol. The Morgan fingerprint density at radius 2 is 2.21 bits per heavy atom. The highest BCUT2D eigenvalue weighted by molar-refractivity contribution is 6.32. The zero-order chi connectivity index (χ0) is 10.6. The predicted octanol–water partition coefficient (Wildman–Crippen LogP) is 3.39. The molecule has 14 heavy (non-hydrogen) atoms. The van der Waals surface area contributed by atoms with E-state index in [4.69, 9.17) is 16.3 Å². The van der Waals surface area contributed by atoms with Gasteiger partial charge in [-0.25, -0.2) is 0 Å². The number of nitroso groups, excluding NO2 is 1. The Hall–Kier alpha value is -1.09. The van der Waals surface area contributed by atoms with Crippen molar-refractivity contribution in [1.82, 2.24) is 0 Å². The van der Waals surface area contributed by atoms with E-state index in [-0.39, 0.29) is 12.6 Å². The Balaban J connectivity index is 2.83. The maximum Gasteiger partial charge on any atom is 0.138 e. The molecule has 0 fully saturated rings. The summed E-state index contributed by atoms with van der Waals surface area (Å²) in [7, 11) is 0. The number of benzene rings is 1. The fourth-order valence-corrected chi connectivity index (χ4v) is 1.31. The van der Waals surface area contributed by atoms with Gasteiger partial charge >= 0.3 is 0 Å². The van der Waals surface area contributed by atoms with Crippen molar-refractivity contribution < 1.29 is 4.74 Å². The van der Waals surface area contributed by atoms with Gasteiger partial charge in [-0.05, 0) is 31.5 Å². The van der Waals surface area contributed by atoms with Crippen molar-refractivity contribution in [1.29, 1.82) is 0 Å². The van der Waals surface area contributed by atoms with E-state index in [1.165, 1.54) is 0 Å². The average molecular weight is 214 g/mol. The van der Waals surface area contributed by atoms with Gasteiger partial charge in [-0.15, -0.1) is 0 Å². The van der Waals surface area contributed by atoms with Crippen molar-refractivity contribution in [2.45, 2.75) is 26.5 Å². The van der Waals surface area contributed by atoms with E-state index in [1.807, 2.05) is 13.8 Å². The van der Waals surface area contributed by atoms with Crippen molar-refractivity contribution in [2.75, 3.05) is 0 Å². The summed E-state index contributed by atoms with van der Waals surface area (Å²) in [6.07, 6.45) is 0.0857. The summed E-state index contributed by atoms with van der Waals surface area (Å²) < 4.78 is 5.44. The molecule has 0 aliphatic rings. The first-order chi connectivity index (χ1) is 6.63. The molecule has 0 radical (unpaired) electrons. The van der Waals surface area contributed by atoms with Gasteiger partial charge in [0, 0.05) is 0 Å². The number of ether oxygens (including phenoxy) is 1. The molecule has 0 atom stereocenters. The highest BCUT2D eigenvalue weighted by atomic mass is 35.5. The van der Waals surface area contributed by atoms with Gasteiger partial charge in [-0.3, -0.25) is 0 Å². The van der Waals surface area contributed by atoms with Crippen LogP contribution in [0.5, 0.6) is 5.75 Å². The molecule has 0 aliphatic heterocycles. The minimum Gasteiger partial charge on any atom is -0.489 e. The Kier molecular flexibility index (Phi) is 3.89. The van der Waals surface area contributed by atoms with Gasteiger partial charge in [0.25, 0.3) is 0 Å². The smallest absolute Gasteiger partial charge is 0.138 e. The highest BCUT2D eigenvalue weighted by Gasteiger charge is 2.04. The van der Waals surface area contributed by atoms with Crippen LogP contribution in [0.2, 0.25) is 5.02 Å². The first-order valence-corrected chi connectivity index (χ1v) is 4.75. The lowest BCUT2D eigenvalue weighted by atomic mass is 10.2. The van der Waals surface area contributed by atoms with E-state index in [1.54, 1.807) is 18.2 Å². The largest absolute Gasteiger partial charge is 0.489 e. The Bertz CT molecular complexity index is 326. The third-order valence-corrected chi connectivity index (χ3v) is 1.90. The number of nitrogens with zero attached hydrogens (tertiary/aromatic N) is 1. The lowest BCUT2D eigenvalue weighted by molar-refractivity contribution is 0.242. The second-order valence-electron chi connectivity index (χ2n) is 3.22. The van der Waals surface area contributed by atoms with Crippen molar-refractivity contribution in [3.63, 3.8) is 0 Å². The molecule has 1 aromatic carbocycles.